The van der Waals surface area contributed by atoms with Gasteiger partial charge < -0.3 is 0 Å². The molecule has 0 aliphatic heterocycles. The average Bonchev–Trinajstić information content (AvgIpc) is 2.38. The van der Waals surface area contributed by atoms with Crippen molar-refractivity contribution in [2.24, 2.45) is 0 Å². The van der Waals surface area contributed by atoms with Gasteiger partial charge in [-0.2, -0.15) is 0 Å². The fraction of sp³-hybridized carbons (Fsp3) is 0.133. The minimum absolute atomic E-state index is 0.0798. The Kier molecular flexibility index (Phi) is 3.51. The van der Waals surface area contributed by atoms with E-state index in [0.29, 0.717) is 11.1 Å². The number of hydrogen-bond acceptors (Lipinski definition) is 1. The van der Waals surface area contributed by atoms with E-state index in [2.05, 4.69) is 0 Å². The van der Waals surface area contributed by atoms with Crippen molar-refractivity contribution in [1.29, 1.82) is 0 Å². The number of carbonyl (C=O) groups is 1. The zero-order chi connectivity index (χ0) is 13.1. The van der Waals surface area contributed by atoms with Gasteiger partial charge in [0.1, 0.15) is 0 Å². The molecule has 0 unspecified atom stereocenters. The molecule has 92 valence electrons. The van der Waals surface area contributed by atoms with Crippen molar-refractivity contribution in [3.05, 3.63) is 70.8 Å². The molecule has 3 heteroatoms. The highest BCUT2D eigenvalue weighted by atomic mass is 19.3. The molecule has 0 aliphatic carbocycles. The highest BCUT2D eigenvalue weighted by molar-refractivity contribution is 6.10. The zero-order valence-electron chi connectivity index (χ0n) is 9.86. The maximum Gasteiger partial charge on any atom is 0.264 e. The van der Waals surface area contributed by atoms with Crippen LogP contribution in [0.15, 0.2) is 48.5 Å². The van der Waals surface area contributed by atoms with Gasteiger partial charge in [-0.1, -0.05) is 48.5 Å². The number of aryl methyl sites for hydroxylation is 1. The predicted octanol–water partition coefficient (Wildman–Crippen LogP) is 4.16. The molecule has 0 amide bonds. The van der Waals surface area contributed by atoms with Crippen LogP contribution in [-0.2, 0) is 0 Å². The third-order valence-electron chi connectivity index (χ3n) is 2.82. The Morgan fingerprint density at radius 3 is 2.28 bits per heavy atom. The molecule has 2 rings (SSSR count). The van der Waals surface area contributed by atoms with E-state index in [4.69, 9.17) is 0 Å². The molecule has 0 heterocycles. The van der Waals surface area contributed by atoms with Crippen LogP contribution in [0.25, 0.3) is 0 Å². The normalized spacial score (nSPS) is 10.7. The topological polar surface area (TPSA) is 17.1 Å². The van der Waals surface area contributed by atoms with Crippen molar-refractivity contribution in [1.82, 2.24) is 0 Å². The molecule has 0 saturated heterocycles. The summed E-state index contributed by atoms with van der Waals surface area (Å²) in [7, 11) is 0. The van der Waals surface area contributed by atoms with Crippen LogP contribution < -0.4 is 0 Å². The van der Waals surface area contributed by atoms with Gasteiger partial charge >= 0.3 is 0 Å². The zero-order valence-corrected chi connectivity index (χ0v) is 9.86. The lowest BCUT2D eigenvalue weighted by molar-refractivity contribution is 0.102. The van der Waals surface area contributed by atoms with Gasteiger partial charge in [-0.3, -0.25) is 4.79 Å². The maximum absolute atomic E-state index is 13.0. The number of benzene rings is 2. The first-order valence-electron chi connectivity index (χ1n) is 5.58. The smallest absolute Gasteiger partial charge is 0.264 e. The summed E-state index contributed by atoms with van der Waals surface area (Å²) in [5.41, 5.74) is 0.763. The monoisotopic (exact) mass is 246 g/mol. The molecule has 0 radical (unpaired) electrons. The third-order valence-corrected chi connectivity index (χ3v) is 2.82. The second-order valence-electron chi connectivity index (χ2n) is 4.03. The molecular formula is C15H12F2O. The quantitative estimate of drug-likeness (QED) is 0.743. The van der Waals surface area contributed by atoms with E-state index < -0.39 is 6.43 Å². The summed E-state index contributed by atoms with van der Waals surface area (Å²) in [4.78, 5) is 12.2. The van der Waals surface area contributed by atoms with Gasteiger partial charge in [-0.25, -0.2) is 8.78 Å². The van der Waals surface area contributed by atoms with Crippen molar-refractivity contribution in [2.75, 3.05) is 0 Å². The molecule has 0 N–H and O–H groups in total. The van der Waals surface area contributed by atoms with E-state index >= 15 is 0 Å². The van der Waals surface area contributed by atoms with E-state index in [0.717, 1.165) is 0 Å². The third kappa shape index (κ3) is 2.30. The van der Waals surface area contributed by atoms with Gasteiger partial charge in [0.05, 0.1) is 0 Å². The Bertz CT molecular complexity index is 562. The van der Waals surface area contributed by atoms with Crippen molar-refractivity contribution < 1.29 is 13.6 Å². The Labute approximate surface area is 104 Å². The van der Waals surface area contributed by atoms with Crippen LogP contribution >= 0.6 is 0 Å². The fourth-order valence-electron chi connectivity index (χ4n) is 1.91. The molecule has 0 spiro atoms. The molecule has 2 aromatic rings. The first-order chi connectivity index (χ1) is 8.61. The summed E-state index contributed by atoms with van der Waals surface area (Å²) in [6.07, 6.45) is -2.64. The highest BCUT2D eigenvalue weighted by Gasteiger charge is 2.20. The summed E-state index contributed by atoms with van der Waals surface area (Å²) in [5, 5.41) is 0. The Hall–Kier alpha value is -2.03. The molecule has 1 nitrogen and oxygen atoms in total. The fourth-order valence-corrected chi connectivity index (χ4v) is 1.91. The Balaban J connectivity index is 2.52. The Morgan fingerprint density at radius 2 is 1.67 bits per heavy atom. The summed E-state index contributed by atoms with van der Waals surface area (Å²) in [6.45, 7) is 1.59. The van der Waals surface area contributed by atoms with E-state index in [1.54, 1.807) is 49.4 Å². The van der Waals surface area contributed by atoms with Gasteiger partial charge in [0.25, 0.3) is 6.43 Å². The van der Waals surface area contributed by atoms with E-state index in [9.17, 15) is 13.6 Å². The van der Waals surface area contributed by atoms with E-state index in [-0.39, 0.29) is 16.9 Å². The summed E-state index contributed by atoms with van der Waals surface area (Å²) < 4.78 is 26.0. The second kappa shape index (κ2) is 5.08. The number of rotatable bonds is 3. The molecule has 0 saturated carbocycles. The van der Waals surface area contributed by atoms with Crippen LogP contribution in [0, 0.1) is 6.92 Å². The van der Waals surface area contributed by atoms with Crippen LogP contribution in [0.3, 0.4) is 0 Å². The average molecular weight is 246 g/mol. The van der Waals surface area contributed by atoms with E-state index in [1.807, 2.05) is 0 Å². The Morgan fingerprint density at radius 1 is 1.00 bits per heavy atom. The highest BCUT2D eigenvalue weighted by Crippen LogP contribution is 2.28. The molecular weight excluding hydrogens is 234 g/mol. The molecule has 2 aromatic carbocycles. The van der Waals surface area contributed by atoms with Gasteiger partial charge in [0.2, 0.25) is 0 Å². The van der Waals surface area contributed by atoms with Crippen molar-refractivity contribution in [2.45, 2.75) is 13.3 Å². The van der Waals surface area contributed by atoms with Crippen LogP contribution in [0.5, 0.6) is 0 Å². The van der Waals surface area contributed by atoms with Crippen molar-refractivity contribution in [3.8, 4) is 0 Å². The summed E-state index contributed by atoms with van der Waals surface area (Å²) in [6, 6.07) is 13.1. The molecule has 18 heavy (non-hydrogen) atoms. The first kappa shape index (κ1) is 12.4. The SMILES string of the molecule is Cc1cccc(C(=O)c2ccccc2)c1C(F)F. The minimum Gasteiger partial charge on any atom is -0.289 e. The van der Waals surface area contributed by atoms with E-state index in [1.165, 1.54) is 6.07 Å². The summed E-state index contributed by atoms with van der Waals surface area (Å²) in [5.74, 6) is -0.366. The van der Waals surface area contributed by atoms with Gasteiger partial charge in [-0.05, 0) is 12.5 Å². The van der Waals surface area contributed by atoms with Crippen LogP contribution in [-0.4, -0.2) is 5.78 Å². The van der Waals surface area contributed by atoms with Crippen LogP contribution in [0.2, 0.25) is 0 Å². The largest absolute Gasteiger partial charge is 0.289 e. The van der Waals surface area contributed by atoms with Crippen molar-refractivity contribution in [3.63, 3.8) is 0 Å². The standard InChI is InChI=1S/C15H12F2O/c1-10-6-5-9-12(13(10)15(16)17)14(18)11-7-3-2-4-8-11/h2-9,15H,1H3. The molecule has 0 atom stereocenters. The molecule has 0 fully saturated rings. The number of carbonyl (C=O) groups excluding carboxylic acids is 1. The number of hydrogen-bond donors (Lipinski definition) is 0. The molecule has 0 aliphatic rings. The lowest BCUT2D eigenvalue weighted by Gasteiger charge is -2.10. The minimum atomic E-state index is -2.64. The second-order valence-corrected chi connectivity index (χ2v) is 4.03. The van der Waals surface area contributed by atoms with Gasteiger partial charge in [-0.15, -0.1) is 0 Å². The predicted molar refractivity (Wildman–Crippen MR) is 66.0 cm³/mol. The maximum atomic E-state index is 13.0. The molecule has 0 bridgehead atoms. The van der Waals surface area contributed by atoms with Crippen LogP contribution in [0.1, 0.15) is 33.5 Å². The lowest BCUT2D eigenvalue weighted by Crippen LogP contribution is -2.07. The van der Waals surface area contributed by atoms with Crippen LogP contribution in [0.4, 0.5) is 8.78 Å². The van der Waals surface area contributed by atoms with Crippen molar-refractivity contribution >= 4 is 5.78 Å². The summed E-state index contributed by atoms with van der Waals surface area (Å²) >= 11 is 0. The number of ketones is 1. The number of halogens is 2. The lowest BCUT2D eigenvalue weighted by atomic mass is 9.95. The van der Waals surface area contributed by atoms with Gasteiger partial charge in [0.15, 0.2) is 5.78 Å². The first-order valence-corrected chi connectivity index (χ1v) is 5.58. The van der Waals surface area contributed by atoms with Gasteiger partial charge in [0, 0.05) is 16.7 Å². The molecule has 0 aromatic heterocycles. The number of alkyl halides is 2.